The van der Waals surface area contributed by atoms with E-state index in [4.69, 9.17) is 4.74 Å². The van der Waals surface area contributed by atoms with Crippen LogP contribution in [0.1, 0.15) is 11.3 Å². The first-order valence-corrected chi connectivity index (χ1v) is 8.77. The lowest BCUT2D eigenvalue weighted by atomic mass is 10.2. The van der Waals surface area contributed by atoms with Crippen LogP contribution in [-0.4, -0.2) is 36.9 Å². The van der Waals surface area contributed by atoms with Crippen molar-refractivity contribution < 1.29 is 27.3 Å². The molecule has 6 nitrogen and oxygen atoms in total. The van der Waals surface area contributed by atoms with Crippen LogP contribution >= 0.6 is 0 Å². The molecule has 1 N–H and O–H groups in total. The second kappa shape index (κ2) is 6.94. The largest absolute Gasteiger partial charge is 0.484 e. The summed E-state index contributed by atoms with van der Waals surface area (Å²) in [7, 11) is -1.76. The van der Waals surface area contributed by atoms with E-state index in [2.05, 4.69) is 9.97 Å². The van der Waals surface area contributed by atoms with Crippen molar-refractivity contribution in [2.24, 2.45) is 0 Å². The van der Waals surface area contributed by atoms with Crippen LogP contribution in [0.5, 0.6) is 5.75 Å². The normalized spacial score (nSPS) is 13.1. The van der Waals surface area contributed by atoms with E-state index in [1.54, 1.807) is 24.3 Å². The van der Waals surface area contributed by atoms with Crippen molar-refractivity contribution >= 4 is 21.8 Å². The fourth-order valence-corrected chi connectivity index (χ4v) is 3.51. The molecule has 10 heteroatoms. The lowest BCUT2D eigenvalue weighted by molar-refractivity contribution is -0.153. The van der Waals surface area contributed by atoms with Crippen molar-refractivity contribution in [1.29, 1.82) is 0 Å². The van der Waals surface area contributed by atoms with E-state index in [0.717, 1.165) is 4.73 Å². The van der Waals surface area contributed by atoms with E-state index in [1.165, 1.54) is 19.2 Å². The minimum absolute atomic E-state index is 0.0156. The molecular weight excluding hydrogens is 371 g/mol. The van der Waals surface area contributed by atoms with Crippen molar-refractivity contribution in [3.05, 3.63) is 47.8 Å². The Morgan fingerprint density at radius 1 is 1.27 bits per heavy atom. The van der Waals surface area contributed by atoms with Gasteiger partial charge in [0.25, 0.3) is 0 Å². The van der Waals surface area contributed by atoms with Gasteiger partial charge in [-0.05, 0) is 25.1 Å². The summed E-state index contributed by atoms with van der Waals surface area (Å²) in [6.07, 6.45) is -3.17. The monoisotopic (exact) mass is 385 g/mol. The van der Waals surface area contributed by atoms with E-state index >= 15 is 0 Å². The molecule has 1 unspecified atom stereocenters. The molecule has 0 fully saturated rings. The van der Waals surface area contributed by atoms with Crippen LogP contribution in [0.25, 0.3) is 11.0 Å². The Morgan fingerprint density at radius 3 is 2.69 bits per heavy atom. The van der Waals surface area contributed by atoms with Gasteiger partial charge in [0.2, 0.25) is 5.16 Å². The van der Waals surface area contributed by atoms with Crippen LogP contribution < -0.4 is 4.74 Å². The van der Waals surface area contributed by atoms with Crippen LogP contribution in [0.2, 0.25) is 0 Å². The number of imidazole rings is 1. The molecule has 0 aliphatic rings. The first kappa shape index (κ1) is 18.2. The number of nitrogens with zero attached hydrogens (tertiary/aromatic N) is 3. The molecule has 0 aliphatic carbocycles. The van der Waals surface area contributed by atoms with Crippen molar-refractivity contribution in [1.82, 2.24) is 14.7 Å². The summed E-state index contributed by atoms with van der Waals surface area (Å²) in [5, 5.41) is 10.1. The summed E-state index contributed by atoms with van der Waals surface area (Å²) in [6.45, 7) is 0.111. The number of hydrogen-bond acceptors (Lipinski definition) is 5. The lowest BCUT2D eigenvalue weighted by Crippen LogP contribution is -2.20. The molecule has 0 aliphatic heterocycles. The summed E-state index contributed by atoms with van der Waals surface area (Å²) >= 11 is 0. The van der Waals surface area contributed by atoms with E-state index < -0.39 is 23.6 Å². The molecule has 1 aromatic carbocycles. The Labute approximate surface area is 148 Å². The number of alkyl halides is 3. The molecule has 1 atom stereocenters. The zero-order valence-corrected chi connectivity index (χ0v) is 14.3. The zero-order valence-electron chi connectivity index (χ0n) is 13.5. The topological polar surface area (TPSA) is 77.2 Å². The fourth-order valence-electron chi connectivity index (χ4n) is 2.35. The van der Waals surface area contributed by atoms with Gasteiger partial charge < -0.3 is 9.94 Å². The van der Waals surface area contributed by atoms with Crippen LogP contribution in [-0.2, 0) is 16.6 Å². The lowest BCUT2D eigenvalue weighted by Gasteiger charge is -2.13. The maximum absolute atomic E-state index is 12.6. The number of fused-ring (bicyclic) bond motifs is 1. The van der Waals surface area contributed by atoms with Crippen molar-refractivity contribution in [2.75, 3.05) is 6.61 Å². The second-order valence-corrected chi connectivity index (χ2v) is 6.81. The summed E-state index contributed by atoms with van der Waals surface area (Å²) in [4.78, 5) is 8.19. The van der Waals surface area contributed by atoms with Crippen molar-refractivity contribution in [3.8, 4) is 5.75 Å². The standard InChI is InChI=1S/C16H14F3N3O3S/c1-10-12(20-7-6-14(10)25-9-16(17,18)19)8-26(24)15-21-11-4-2-3-5-13(11)22(15)23/h2-7,23H,8-9H2,1H3. The fraction of sp³-hybridized carbons (Fsp3) is 0.250. The van der Waals surface area contributed by atoms with Crippen LogP contribution in [0, 0.1) is 6.92 Å². The molecule has 2 aromatic heterocycles. The van der Waals surface area contributed by atoms with Gasteiger partial charge in [0.05, 0.1) is 27.8 Å². The summed E-state index contributed by atoms with van der Waals surface area (Å²) in [5.74, 6) is -0.110. The van der Waals surface area contributed by atoms with Gasteiger partial charge in [-0.1, -0.05) is 12.1 Å². The molecule has 3 aromatic rings. The highest BCUT2D eigenvalue weighted by Gasteiger charge is 2.29. The number of aromatic nitrogens is 3. The first-order chi connectivity index (χ1) is 12.3. The zero-order chi connectivity index (χ0) is 18.9. The van der Waals surface area contributed by atoms with Crippen molar-refractivity contribution in [3.63, 3.8) is 0 Å². The summed E-state index contributed by atoms with van der Waals surface area (Å²) in [5.41, 5.74) is 1.54. The minimum atomic E-state index is -4.46. The Balaban J connectivity index is 1.84. The van der Waals surface area contributed by atoms with Gasteiger partial charge in [0.15, 0.2) is 6.61 Å². The molecule has 3 rings (SSSR count). The summed E-state index contributed by atoms with van der Waals surface area (Å²) < 4.78 is 55.1. The average molecular weight is 385 g/mol. The Morgan fingerprint density at radius 2 is 2.00 bits per heavy atom. The molecule has 0 bridgehead atoms. The van der Waals surface area contributed by atoms with E-state index in [1.807, 2.05) is 0 Å². The van der Waals surface area contributed by atoms with Gasteiger partial charge in [-0.15, -0.1) is 0 Å². The number of benzene rings is 1. The highest BCUT2D eigenvalue weighted by Crippen LogP contribution is 2.25. The number of ether oxygens (including phenoxy) is 1. The number of pyridine rings is 1. The molecule has 0 radical (unpaired) electrons. The quantitative estimate of drug-likeness (QED) is 0.683. The second-order valence-electron chi connectivity index (χ2n) is 5.47. The van der Waals surface area contributed by atoms with Gasteiger partial charge in [0, 0.05) is 11.8 Å². The van der Waals surface area contributed by atoms with Gasteiger partial charge in [-0.2, -0.15) is 17.9 Å². The first-order valence-electron chi connectivity index (χ1n) is 7.45. The molecule has 2 heterocycles. The van der Waals surface area contributed by atoms with Gasteiger partial charge in [-0.3, -0.25) is 9.19 Å². The average Bonchev–Trinajstić information content (AvgIpc) is 2.92. The van der Waals surface area contributed by atoms with Gasteiger partial charge >= 0.3 is 6.18 Å². The Bertz CT molecular complexity index is 972. The van der Waals surface area contributed by atoms with Crippen molar-refractivity contribution in [2.45, 2.75) is 24.0 Å². The summed E-state index contributed by atoms with van der Waals surface area (Å²) in [6, 6.07) is 8.04. The highest BCUT2D eigenvalue weighted by atomic mass is 32.2. The smallest absolute Gasteiger partial charge is 0.422 e. The molecule has 0 spiro atoms. The maximum Gasteiger partial charge on any atom is 0.422 e. The van der Waals surface area contributed by atoms with Crippen LogP contribution in [0.3, 0.4) is 0 Å². The number of hydrogen-bond donors (Lipinski definition) is 1. The number of rotatable bonds is 5. The third-order valence-electron chi connectivity index (χ3n) is 3.63. The van der Waals surface area contributed by atoms with Crippen LogP contribution in [0.15, 0.2) is 41.7 Å². The predicted molar refractivity (Wildman–Crippen MR) is 87.6 cm³/mol. The van der Waals surface area contributed by atoms with Gasteiger partial charge in [-0.25, -0.2) is 4.98 Å². The molecule has 0 amide bonds. The molecule has 0 saturated carbocycles. The van der Waals surface area contributed by atoms with E-state index in [0.29, 0.717) is 22.3 Å². The van der Waals surface area contributed by atoms with Gasteiger partial charge in [0.1, 0.15) is 11.3 Å². The van der Waals surface area contributed by atoms with Crippen LogP contribution in [0.4, 0.5) is 13.2 Å². The predicted octanol–water partition coefficient (Wildman–Crippen LogP) is 3.23. The number of halogens is 3. The van der Waals surface area contributed by atoms with E-state index in [9.17, 15) is 22.6 Å². The number of para-hydroxylation sites is 2. The molecule has 138 valence electrons. The Kier molecular flexibility index (Phi) is 4.86. The molecular formula is C16H14F3N3O3S. The SMILES string of the molecule is Cc1c(OCC(F)(F)F)ccnc1CS(=O)c1nc2ccccc2n1O. The Hall–Kier alpha value is -2.62. The highest BCUT2D eigenvalue weighted by molar-refractivity contribution is 7.84. The van der Waals surface area contributed by atoms with E-state index in [-0.39, 0.29) is 16.7 Å². The minimum Gasteiger partial charge on any atom is -0.484 e. The molecule has 26 heavy (non-hydrogen) atoms. The third-order valence-corrected chi connectivity index (χ3v) is 4.84. The molecule has 0 saturated heterocycles. The maximum atomic E-state index is 12.6. The third kappa shape index (κ3) is 3.79.